The quantitative estimate of drug-likeness (QED) is 0.913. The zero-order valence-corrected chi connectivity index (χ0v) is 12.8. The van der Waals surface area contributed by atoms with Gasteiger partial charge in [0.05, 0.1) is 17.7 Å². The lowest BCUT2D eigenvalue weighted by atomic mass is 9.97. The number of nitrogens with one attached hydrogen (secondary N) is 1. The molecule has 0 amide bonds. The SMILES string of the molecule is COc1cc(C2CCCCN2)cc(Br)c1OC1CC1. The Bertz CT molecular complexity index is 454. The molecule has 1 saturated carbocycles. The first-order valence-electron chi connectivity index (χ1n) is 7.05. The topological polar surface area (TPSA) is 30.5 Å². The lowest BCUT2D eigenvalue weighted by Gasteiger charge is -2.25. The standard InChI is InChI=1S/C15H20BrNO2/c1-18-14-9-10(13-4-2-3-7-17-13)8-12(16)15(14)19-11-5-6-11/h8-9,11,13,17H,2-7H2,1H3. The van der Waals surface area contributed by atoms with Crippen molar-refractivity contribution in [3.8, 4) is 11.5 Å². The summed E-state index contributed by atoms with van der Waals surface area (Å²) in [5.41, 5.74) is 1.28. The Morgan fingerprint density at radius 3 is 2.68 bits per heavy atom. The summed E-state index contributed by atoms with van der Waals surface area (Å²) in [5, 5.41) is 3.57. The molecule has 1 aliphatic carbocycles. The van der Waals surface area contributed by atoms with E-state index < -0.39 is 0 Å². The van der Waals surface area contributed by atoms with Crippen molar-refractivity contribution in [3.63, 3.8) is 0 Å². The van der Waals surface area contributed by atoms with Crippen molar-refractivity contribution >= 4 is 15.9 Å². The molecular formula is C15H20BrNO2. The number of piperidine rings is 1. The zero-order valence-electron chi connectivity index (χ0n) is 11.2. The van der Waals surface area contributed by atoms with Gasteiger partial charge in [-0.2, -0.15) is 0 Å². The van der Waals surface area contributed by atoms with E-state index in [1.165, 1.54) is 24.8 Å². The van der Waals surface area contributed by atoms with Crippen molar-refractivity contribution in [3.05, 3.63) is 22.2 Å². The van der Waals surface area contributed by atoms with Gasteiger partial charge in [-0.25, -0.2) is 0 Å². The van der Waals surface area contributed by atoms with Crippen LogP contribution in [0.3, 0.4) is 0 Å². The number of hydrogen-bond donors (Lipinski definition) is 1. The first-order valence-corrected chi connectivity index (χ1v) is 7.84. The highest BCUT2D eigenvalue weighted by Gasteiger charge is 2.27. The van der Waals surface area contributed by atoms with E-state index in [9.17, 15) is 0 Å². The second-order valence-corrected chi connectivity index (χ2v) is 6.21. The van der Waals surface area contributed by atoms with E-state index in [-0.39, 0.29) is 0 Å². The fourth-order valence-corrected chi connectivity index (χ4v) is 3.10. The summed E-state index contributed by atoms with van der Waals surface area (Å²) >= 11 is 3.63. The van der Waals surface area contributed by atoms with Crippen LogP contribution in [0.5, 0.6) is 11.5 Å². The van der Waals surface area contributed by atoms with Gasteiger partial charge in [-0.15, -0.1) is 0 Å². The molecule has 2 fully saturated rings. The molecule has 1 saturated heterocycles. The van der Waals surface area contributed by atoms with Crippen molar-refractivity contribution in [2.75, 3.05) is 13.7 Å². The predicted octanol–water partition coefficient (Wildman–Crippen LogP) is 3.81. The Kier molecular flexibility index (Phi) is 3.99. The molecular weight excluding hydrogens is 306 g/mol. The summed E-state index contributed by atoms with van der Waals surface area (Å²) < 4.78 is 12.4. The van der Waals surface area contributed by atoms with Gasteiger partial charge < -0.3 is 14.8 Å². The summed E-state index contributed by atoms with van der Waals surface area (Å²) in [5.74, 6) is 1.69. The van der Waals surface area contributed by atoms with E-state index in [2.05, 4.69) is 33.4 Å². The molecule has 104 valence electrons. The molecule has 19 heavy (non-hydrogen) atoms. The van der Waals surface area contributed by atoms with Crippen LogP contribution in [0.4, 0.5) is 0 Å². The van der Waals surface area contributed by atoms with Gasteiger partial charge in [0, 0.05) is 6.04 Å². The maximum atomic E-state index is 5.93. The summed E-state index contributed by atoms with van der Waals surface area (Å²) in [4.78, 5) is 0. The van der Waals surface area contributed by atoms with Gasteiger partial charge in [0.25, 0.3) is 0 Å². The van der Waals surface area contributed by atoms with Crippen molar-refractivity contribution in [2.24, 2.45) is 0 Å². The number of halogens is 1. The fraction of sp³-hybridized carbons (Fsp3) is 0.600. The molecule has 3 nitrogen and oxygen atoms in total. The molecule has 0 bridgehead atoms. The summed E-state index contributed by atoms with van der Waals surface area (Å²) in [6, 6.07) is 4.73. The van der Waals surface area contributed by atoms with Crippen LogP contribution >= 0.6 is 15.9 Å². The van der Waals surface area contributed by atoms with Gasteiger partial charge in [-0.1, -0.05) is 6.42 Å². The maximum Gasteiger partial charge on any atom is 0.175 e. The Labute approximate surface area is 122 Å². The molecule has 4 heteroatoms. The Morgan fingerprint density at radius 1 is 1.21 bits per heavy atom. The number of hydrogen-bond acceptors (Lipinski definition) is 3. The van der Waals surface area contributed by atoms with Gasteiger partial charge in [-0.3, -0.25) is 0 Å². The number of methoxy groups -OCH3 is 1. The second kappa shape index (κ2) is 5.71. The molecule has 1 aromatic carbocycles. The van der Waals surface area contributed by atoms with Crippen molar-refractivity contribution in [2.45, 2.75) is 44.2 Å². The van der Waals surface area contributed by atoms with Crippen molar-refractivity contribution in [1.82, 2.24) is 5.32 Å². The Morgan fingerprint density at radius 2 is 2.05 bits per heavy atom. The maximum absolute atomic E-state index is 5.93. The van der Waals surface area contributed by atoms with Gasteiger partial charge in [-0.05, 0) is 65.9 Å². The average molecular weight is 326 g/mol. The Balaban J connectivity index is 1.86. The number of benzene rings is 1. The first-order chi connectivity index (χ1) is 9.28. The van der Waals surface area contributed by atoms with E-state index in [4.69, 9.17) is 9.47 Å². The Hall–Kier alpha value is -0.740. The molecule has 1 atom stereocenters. The van der Waals surface area contributed by atoms with Crippen LogP contribution in [0.25, 0.3) is 0 Å². The minimum absolute atomic E-state index is 0.379. The van der Waals surface area contributed by atoms with E-state index in [1.807, 2.05) is 0 Å². The number of rotatable bonds is 4. The highest BCUT2D eigenvalue weighted by molar-refractivity contribution is 9.10. The molecule has 1 N–H and O–H groups in total. The molecule has 3 rings (SSSR count). The fourth-order valence-electron chi connectivity index (χ4n) is 2.54. The van der Waals surface area contributed by atoms with Crippen LogP contribution < -0.4 is 14.8 Å². The first kappa shape index (κ1) is 13.3. The third kappa shape index (κ3) is 3.06. The van der Waals surface area contributed by atoms with Crippen LogP contribution in [-0.2, 0) is 0 Å². The van der Waals surface area contributed by atoms with E-state index in [0.29, 0.717) is 12.1 Å². The van der Waals surface area contributed by atoms with Crippen LogP contribution in [-0.4, -0.2) is 19.8 Å². The zero-order chi connectivity index (χ0) is 13.2. The molecule has 0 spiro atoms. The van der Waals surface area contributed by atoms with E-state index >= 15 is 0 Å². The molecule has 0 radical (unpaired) electrons. The molecule has 1 aliphatic heterocycles. The highest BCUT2D eigenvalue weighted by Crippen LogP contribution is 2.42. The average Bonchev–Trinajstić information content (AvgIpc) is 3.26. The molecule has 1 aromatic rings. The van der Waals surface area contributed by atoms with Gasteiger partial charge in [0.2, 0.25) is 0 Å². The van der Waals surface area contributed by atoms with Gasteiger partial charge in [0.1, 0.15) is 0 Å². The molecule has 1 unspecified atom stereocenters. The van der Waals surface area contributed by atoms with Crippen molar-refractivity contribution in [1.29, 1.82) is 0 Å². The lowest BCUT2D eigenvalue weighted by molar-refractivity contribution is 0.279. The van der Waals surface area contributed by atoms with Crippen LogP contribution in [0, 0.1) is 0 Å². The largest absolute Gasteiger partial charge is 0.493 e. The molecule has 2 aliphatic rings. The molecule has 1 heterocycles. The van der Waals surface area contributed by atoms with Crippen molar-refractivity contribution < 1.29 is 9.47 Å². The summed E-state index contributed by atoms with van der Waals surface area (Å²) in [6.45, 7) is 1.10. The minimum atomic E-state index is 0.379. The van der Waals surface area contributed by atoms with Crippen LogP contribution in [0.1, 0.15) is 43.7 Å². The highest BCUT2D eigenvalue weighted by atomic mass is 79.9. The predicted molar refractivity (Wildman–Crippen MR) is 78.9 cm³/mol. The van der Waals surface area contributed by atoms with Gasteiger partial charge >= 0.3 is 0 Å². The number of ether oxygens (including phenoxy) is 2. The molecule has 0 aromatic heterocycles. The van der Waals surface area contributed by atoms with Gasteiger partial charge in [0.15, 0.2) is 11.5 Å². The normalized spacial score (nSPS) is 23.2. The smallest absolute Gasteiger partial charge is 0.175 e. The summed E-state index contributed by atoms with van der Waals surface area (Å²) in [6.07, 6.45) is 6.45. The third-order valence-corrected chi connectivity index (χ3v) is 4.36. The second-order valence-electron chi connectivity index (χ2n) is 5.35. The van der Waals surface area contributed by atoms with E-state index in [0.717, 1.165) is 35.4 Å². The third-order valence-electron chi connectivity index (χ3n) is 3.77. The minimum Gasteiger partial charge on any atom is -0.493 e. The lowest BCUT2D eigenvalue weighted by Crippen LogP contribution is -2.26. The van der Waals surface area contributed by atoms with Crippen LogP contribution in [0.2, 0.25) is 0 Å². The van der Waals surface area contributed by atoms with Crippen LogP contribution in [0.15, 0.2) is 16.6 Å². The summed E-state index contributed by atoms with van der Waals surface area (Å²) in [7, 11) is 1.71. The van der Waals surface area contributed by atoms with E-state index in [1.54, 1.807) is 7.11 Å². The monoisotopic (exact) mass is 325 g/mol.